The van der Waals surface area contributed by atoms with Crippen molar-refractivity contribution in [1.82, 2.24) is 25.0 Å². The monoisotopic (exact) mass is 286 g/mol. The van der Waals surface area contributed by atoms with E-state index < -0.39 is 5.82 Å². The van der Waals surface area contributed by atoms with Crippen LogP contribution in [0.5, 0.6) is 0 Å². The molecule has 7 nitrogen and oxygen atoms in total. The number of aromatic nitrogens is 5. The van der Waals surface area contributed by atoms with Crippen molar-refractivity contribution in [3.05, 3.63) is 54.0 Å². The Morgan fingerprint density at radius 1 is 1.24 bits per heavy atom. The fraction of sp³-hybridized carbons (Fsp3) is 0.0769. The van der Waals surface area contributed by atoms with E-state index in [0.29, 0.717) is 22.8 Å². The lowest BCUT2D eigenvalue weighted by atomic mass is 10.2. The number of anilines is 1. The van der Waals surface area contributed by atoms with Crippen molar-refractivity contribution >= 4 is 11.6 Å². The van der Waals surface area contributed by atoms with E-state index in [9.17, 15) is 9.18 Å². The van der Waals surface area contributed by atoms with Gasteiger partial charge < -0.3 is 5.32 Å². The zero-order chi connectivity index (χ0) is 14.8. The summed E-state index contributed by atoms with van der Waals surface area (Å²) in [6.45, 7) is 1.78. The van der Waals surface area contributed by atoms with Gasteiger partial charge in [0.2, 0.25) is 0 Å². The molecule has 106 valence electrons. The molecule has 0 radical (unpaired) electrons. The molecule has 0 fully saturated rings. The van der Waals surface area contributed by atoms with E-state index >= 15 is 0 Å². The summed E-state index contributed by atoms with van der Waals surface area (Å²) in [4.78, 5) is 12.2. The molecule has 0 saturated carbocycles. The van der Waals surface area contributed by atoms with E-state index in [4.69, 9.17) is 0 Å². The number of hydrogen-bond donors (Lipinski definition) is 2. The summed E-state index contributed by atoms with van der Waals surface area (Å²) in [5.74, 6) is -0.266. The summed E-state index contributed by atoms with van der Waals surface area (Å²) >= 11 is 0. The van der Waals surface area contributed by atoms with E-state index in [2.05, 4.69) is 25.7 Å². The molecule has 21 heavy (non-hydrogen) atoms. The van der Waals surface area contributed by atoms with Crippen molar-refractivity contribution in [1.29, 1.82) is 0 Å². The van der Waals surface area contributed by atoms with Crippen LogP contribution in [0.25, 0.3) is 5.82 Å². The van der Waals surface area contributed by atoms with Crippen molar-refractivity contribution < 1.29 is 9.18 Å². The minimum atomic E-state index is -0.392. The van der Waals surface area contributed by atoms with Crippen LogP contribution in [0.3, 0.4) is 0 Å². The van der Waals surface area contributed by atoms with Crippen LogP contribution in [0, 0.1) is 12.7 Å². The van der Waals surface area contributed by atoms with Crippen LogP contribution in [-0.2, 0) is 0 Å². The van der Waals surface area contributed by atoms with Gasteiger partial charge >= 0.3 is 0 Å². The van der Waals surface area contributed by atoms with Gasteiger partial charge in [-0.25, -0.2) is 4.39 Å². The summed E-state index contributed by atoms with van der Waals surface area (Å²) in [7, 11) is 0. The van der Waals surface area contributed by atoms with E-state index in [1.807, 2.05) is 0 Å². The van der Waals surface area contributed by atoms with Gasteiger partial charge in [-0.3, -0.25) is 14.5 Å². The maximum Gasteiger partial charge on any atom is 0.255 e. The van der Waals surface area contributed by atoms with Crippen molar-refractivity contribution in [2.24, 2.45) is 0 Å². The van der Waals surface area contributed by atoms with Crippen LogP contribution in [-0.4, -0.2) is 30.9 Å². The number of carbonyl (C=O) groups excluding carboxylic acids is 1. The molecule has 8 heteroatoms. The normalized spacial score (nSPS) is 10.6. The molecule has 0 saturated heterocycles. The first-order chi connectivity index (χ1) is 10.1. The van der Waals surface area contributed by atoms with Crippen molar-refractivity contribution in [3.8, 4) is 5.82 Å². The molecule has 2 N–H and O–H groups in total. The van der Waals surface area contributed by atoms with Crippen LogP contribution in [0.4, 0.5) is 10.1 Å². The summed E-state index contributed by atoms with van der Waals surface area (Å²) in [5, 5.41) is 17.0. The molecule has 2 heterocycles. The molecule has 3 aromatic rings. The summed E-state index contributed by atoms with van der Waals surface area (Å²) in [5.41, 5.74) is 1.56. The largest absolute Gasteiger partial charge is 0.317 e. The molecule has 3 rings (SSSR count). The Morgan fingerprint density at radius 3 is 2.57 bits per heavy atom. The second-order valence-electron chi connectivity index (χ2n) is 4.38. The lowest BCUT2D eigenvalue weighted by molar-refractivity contribution is 0.102. The predicted octanol–water partition coefficient (Wildman–Crippen LogP) is 1.69. The fourth-order valence-corrected chi connectivity index (χ4v) is 1.85. The summed E-state index contributed by atoms with van der Waals surface area (Å²) < 4.78 is 14.5. The van der Waals surface area contributed by atoms with Crippen molar-refractivity contribution in [3.63, 3.8) is 0 Å². The quantitative estimate of drug-likeness (QED) is 0.767. The number of halogens is 1. The molecule has 2 aromatic heterocycles. The highest BCUT2D eigenvalue weighted by atomic mass is 19.1. The SMILES string of the molecule is Cc1[nH]nc(-n2cnnc2)c1NC(=O)c1ccc(F)cc1. The highest BCUT2D eigenvalue weighted by Gasteiger charge is 2.16. The number of nitrogens with zero attached hydrogens (tertiary/aromatic N) is 4. The van der Waals surface area contributed by atoms with Gasteiger partial charge in [-0.15, -0.1) is 10.2 Å². The molecular formula is C13H11FN6O. The average Bonchev–Trinajstić information content (AvgIpc) is 3.10. The lowest BCUT2D eigenvalue weighted by Gasteiger charge is -2.06. The first-order valence-electron chi connectivity index (χ1n) is 6.12. The number of rotatable bonds is 3. The number of aryl methyl sites for hydroxylation is 1. The molecule has 0 bridgehead atoms. The maximum absolute atomic E-state index is 12.9. The molecule has 0 spiro atoms. The van der Waals surface area contributed by atoms with Gasteiger partial charge in [-0.2, -0.15) is 5.10 Å². The van der Waals surface area contributed by atoms with Crippen LogP contribution < -0.4 is 5.32 Å². The Bertz CT molecular complexity index is 763. The van der Waals surface area contributed by atoms with Gasteiger partial charge in [0, 0.05) is 5.56 Å². The second-order valence-corrected chi connectivity index (χ2v) is 4.38. The minimum Gasteiger partial charge on any atom is -0.317 e. The van der Waals surface area contributed by atoms with Gasteiger partial charge in [0.05, 0.1) is 5.69 Å². The van der Waals surface area contributed by atoms with Crippen LogP contribution in [0.1, 0.15) is 16.1 Å². The summed E-state index contributed by atoms with van der Waals surface area (Å²) in [6.07, 6.45) is 2.95. The first-order valence-corrected chi connectivity index (χ1v) is 6.12. The smallest absolute Gasteiger partial charge is 0.255 e. The molecule has 0 atom stereocenters. The number of nitrogens with one attached hydrogen (secondary N) is 2. The zero-order valence-electron chi connectivity index (χ0n) is 11.0. The van der Waals surface area contributed by atoms with Gasteiger partial charge in [0.25, 0.3) is 5.91 Å². The first kappa shape index (κ1) is 13.0. The third-order valence-electron chi connectivity index (χ3n) is 2.94. The Labute approximate surface area is 118 Å². The standard InChI is InChI=1S/C13H11FN6O/c1-8-11(12(19-18-8)20-6-15-16-7-20)17-13(21)9-2-4-10(14)5-3-9/h2-7H,1H3,(H,17,21)(H,18,19). The molecule has 0 unspecified atom stereocenters. The molecule has 1 aromatic carbocycles. The number of carbonyl (C=O) groups is 1. The number of H-pyrrole nitrogens is 1. The topological polar surface area (TPSA) is 88.5 Å². The van der Waals surface area contributed by atoms with Crippen molar-refractivity contribution in [2.45, 2.75) is 6.92 Å². The summed E-state index contributed by atoms with van der Waals surface area (Å²) in [6, 6.07) is 5.30. The van der Waals surface area contributed by atoms with E-state index in [1.54, 1.807) is 11.5 Å². The number of amides is 1. The van der Waals surface area contributed by atoms with Crippen LogP contribution in [0.15, 0.2) is 36.9 Å². The van der Waals surface area contributed by atoms with Crippen molar-refractivity contribution in [2.75, 3.05) is 5.32 Å². The Hall–Kier alpha value is -3.03. The molecule has 1 amide bonds. The highest BCUT2D eigenvalue weighted by molar-refractivity contribution is 6.05. The Morgan fingerprint density at radius 2 is 1.90 bits per heavy atom. The lowest BCUT2D eigenvalue weighted by Crippen LogP contribution is -2.13. The Kier molecular flexibility index (Phi) is 3.19. The number of benzene rings is 1. The third kappa shape index (κ3) is 2.50. The van der Waals surface area contributed by atoms with Gasteiger partial charge in [-0.05, 0) is 31.2 Å². The van der Waals surface area contributed by atoms with E-state index in [-0.39, 0.29) is 5.91 Å². The minimum absolute atomic E-state index is 0.353. The average molecular weight is 286 g/mol. The van der Waals surface area contributed by atoms with Gasteiger partial charge in [0.15, 0.2) is 5.82 Å². The Balaban J connectivity index is 1.90. The van der Waals surface area contributed by atoms with Gasteiger partial charge in [-0.1, -0.05) is 0 Å². The predicted molar refractivity (Wildman–Crippen MR) is 72.6 cm³/mol. The second kappa shape index (κ2) is 5.16. The van der Waals surface area contributed by atoms with E-state index in [0.717, 1.165) is 0 Å². The zero-order valence-corrected chi connectivity index (χ0v) is 11.0. The van der Waals surface area contributed by atoms with Crippen LogP contribution in [0.2, 0.25) is 0 Å². The van der Waals surface area contributed by atoms with Gasteiger partial charge in [0.1, 0.15) is 24.2 Å². The van der Waals surface area contributed by atoms with E-state index in [1.165, 1.54) is 36.9 Å². The third-order valence-corrected chi connectivity index (χ3v) is 2.94. The fourth-order valence-electron chi connectivity index (χ4n) is 1.85. The molecule has 0 aliphatic heterocycles. The number of hydrogen-bond acceptors (Lipinski definition) is 4. The number of aromatic amines is 1. The highest BCUT2D eigenvalue weighted by Crippen LogP contribution is 2.21. The molecule has 0 aliphatic rings. The molecule has 0 aliphatic carbocycles. The maximum atomic E-state index is 12.9. The molecular weight excluding hydrogens is 275 g/mol. The van der Waals surface area contributed by atoms with Crippen LogP contribution >= 0.6 is 0 Å².